The molecule has 7 heteroatoms. The fourth-order valence-corrected chi connectivity index (χ4v) is 2.21. The molecule has 2 atom stereocenters. The molecular formula is C14H20ClFN2O3. The lowest BCUT2D eigenvalue weighted by molar-refractivity contribution is -0.141. The van der Waals surface area contributed by atoms with Crippen molar-refractivity contribution in [2.45, 2.75) is 12.1 Å². The number of amides is 1. The molecule has 0 saturated carbocycles. The lowest BCUT2D eigenvalue weighted by Crippen LogP contribution is -2.50. The van der Waals surface area contributed by atoms with Crippen LogP contribution in [0.5, 0.6) is 0 Å². The monoisotopic (exact) mass is 318 g/mol. The third-order valence-corrected chi connectivity index (χ3v) is 3.28. The first-order chi connectivity index (χ1) is 9.61. The van der Waals surface area contributed by atoms with Crippen molar-refractivity contribution in [3.05, 3.63) is 35.6 Å². The molecule has 0 bridgehead atoms. The van der Waals surface area contributed by atoms with Gasteiger partial charge in [0, 0.05) is 13.7 Å². The van der Waals surface area contributed by atoms with Gasteiger partial charge in [-0.15, -0.1) is 12.4 Å². The smallest absolute Gasteiger partial charge is 0.242 e. The Bertz CT molecular complexity index is 458. The Morgan fingerprint density at radius 1 is 1.52 bits per heavy atom. The number of benzene rings is 1. The Morgan fingerprint density at radius 2 is 2.19 bits per heavy atom. The molecule has 1 saturated heterocycles. The summed E-state index contributed by atoms with van der Waals surface area (Å²) in [6.07, 6.45) is -0.247. The number of nitrogens with zero attached hydrogens (tertiary/aromatic N) is 1. The van der Waals surface area contributed by atoms with Gasteiger partial charge < -0.3 is 20.1 Å². The van der Waals surface area contributed by atoms with E-state index in [0.29, 0.717) is 19.7 Å². The number of rotatable bonds is 4. The molecular weight excluding hydrogens is 299 g/mol. The molecule has 1 aromatic carbocycles. The van der Waals surface area contributed by atoms with Gasteiger partial charge in [0.2, 0.25) is 5.91 Å². The number of hydrogen-bond acceptors (Lipinski definition) is 4. The summed E-state index contributed by atoms with van der Waals surface area (Å²) in [5.41, 5.74) is 6.61. The van der Waals surface area contributed by atoms with Gasteiger partial charge in [0.05, 0.1) is 19.8 Å². The fourth-order valence-electron chi connectivity index (χ4n) is 2.21. The van der Waals surface area contributed by atoms with E-state index < -0.39 is 6.04 Å². The van der Waals surface area contributed by atoms with Crippen molar-refractivity contribution in [1.29, 1.82) is 0 Å². The summed E-state index contributed by atoms with van der Waals surface area (Å²) in [6.45, 7) is 1.56. The molecule has 1 heterocycles. The summed E-state index contributed by atoms with van der Waals surface area (Å²) in [7, 11) is 1.51. The lowest BCUT2D eigenvalue weighted by Gasteiger charge is -2.34. The second-order valence-corrected chi connectivity index (χ2v) is 4.76. The highest BCUT2D eigenvalue weighted by Gasteiger charge is 2.28. The van der Waals surface area contributed by atoms with E-state index in [1.54, 1.807) is 17.0 Å². The van der Waals surface area contributed by atoms with Crippen LogP contribution in [0.2, 0.25) is 0 Å². The average molecular weight is 319 g/mol. The van der Waals surface area contributed by atoms with Gasteiger partial charge in [-0.25, -0.2) is 4.39 Å². The van der Waals surface area contributed by atoms with E-state index in [1.807, 2.05) is 0 Å². The summed E-state index contributed by atoms with van der Waals surface area (Å²) in [6, 6.07) is 5.45. The maximum absolute atomic E-state index is 12.9. The van der Waals surface area contributed by atoms with E-state index in [9.17, 15) is 9.18 Å². The highest BCUT2D eigenvalue weighted by atomic mass is 35.5. The maximum atomic E-state index is 12.9. The maximum Gasteiger partial charge on any atom is 0.242 e. The Kier molecular flexibility index (Phi) is 7.04. The van der Waals surface area contributed by atoms with Crippen molar-refractivity contribution in [3.8, 4) is 0 Å². The Morgan fingerprint density at radius 3 is 2.81 bits per heavy atom. The molecule has 0 spiro atoms. The van der Waals surface area contributed by atoms with E-state index in [0.717, 1.165) is 5.56 Å². The van der Waals surface area contributed by atoms with Crippen LogP contribution >= 0.6 is 12.4 Å². The molecule has 1 aromatic rings. The number of carbonyl (C=O) groups is 1. The first-order valence-corrected chi connectivity index (χ1v) is 6.52. The number of ether oxygens (including phenoxy) is 2. The molecule has 0 aromatic heterocycles. The van der Waals surface area contributed by atoms with Gasteiger partial charge in [0.1, 0.15) is 18.0 Å². The predicted molar refractivity (Wildman–Crippen MR) is 78.8 cm³/mol. The van der Waals surface area contributed by atoms with Crippen LogP contribution in [0.25, 0.3) is 0 Å². The zero-order valence-electron chi connectivity index (χ0n) is 11.8. The molecule has 1 aliphatic heterocycles. The first kappa shape index (κ1) is 17.8. The number of methoxy groups -OCH3 is 1. The minimum Gasteiger partial charge on any atom is -0.383 e. The van der Waals surface area contributed by atoms with Crippen molar-refractivity contribution in [2.24, 2.45) is 5.73 Å². The van der Waals surface area contributed by atoms with Crippen LogP contribution in [0.1, 0.15) is 11.7 Å². The van der Waals surface area contributed by atoms with E-state index in [1.165, 1.54) is 19.2 Å². The molecule has 2 N–H and O–H groups in total. The van der Waals surface area contributed by atoms with Gasteiger partial charge in [-0.3, -0.25) is 4.79 Å². The second kappa shape index (κ2) is 8.29. The van der Waals surface area contributed by atoms with Crippen LogP contribution in [-0.2, 0) is 14.3 Å². The average Bonchev–Trinajstić information content (AvgIpc) is 2.47. The highest BCUT2D eigenvalue weighted by Crippen LogP contribution is 2.22. The van der Waals surface area contributed by atoms with Crippen LogP contribution in [0, 0.1) is 5.82 Å². The zero-order chi connectivity index (χ0) is 14.5. The molecule has 118 valence electrons. The molecule has 21 heavy (non-hydrogen) atoms. The van der Waals surface area contributed by atoms with Crippen molar-refractivity contribution in [3.63, 3.8) is 0 Å². The SMILES string of the molecule is COCC(N)C(=O)N1CCOC(c2ccc(F)cc2)C1.Cl. The highest BCUT2D eigenvalue weighted by molar-refractivity contribution is 5.85. The lowest BCUT2D eigenvalue weighted by atomic mass is 10.1. The molecule has 2 unspecified atom stereocenters. The normalized spacial score (nSPS) is 19.8. The summed E-state index contributed by atoms with van der Waals surface area (Å²) in [4.78, 5) is 13.8. The van der Waals surface area contributed by atoms with Crippen LogP contribution < -0.4 is 5.73 Å². The van der Waals surface area contributed by atoms with Gasteiger partial charge in [0.15, 0.2) is 0 Å². The van der Waals surface area contributed by atoms with Crippen LogP contribution in [-0.4, -0.2) is 50.3 Å². The largest absolute Gasteiger partial charge is 0.383 e. The zero-order valence-corrected chi connectivity index (χ0v) is 12.6. The van der Waals surface area contributed by atoms with Gasteiger partial charge in [-0.05, 0) is 17.7 Å². The summed E-state index contributed by atoms with van der Waals surface area (Å²) >= 11 is 0. The van der Waals surface area contributed by atoms with E-state index in [4.69, 9.17) is 15.2 Å². The molecule has 5 nitrogen and oxygen atoms in total. The third kappa shape index (κ3) is 4.64. The first-order valence-electron chi connectivity index (χ1n) is 6.52. The predicted octanol–water partition coefficient (Wildman–Crippen LogP) is 1.12. The van der Waals surface area contributed by atoms with Crippen LogP contribution in [0.3, 0.4) is 0 Å². The molecule has 1 fully saturated rings. The van der Waals surface area contributed by atoms with Crippen molar-refractivity contribution in [2.75, 3.05) is 33.4 Å². The Labute approximate surface area is 129 Å². The minimum atomic E-state index is -0.660. The van der Waals surface area contributed by atoms with Crippen molar-refractivity contribution >= 4 is 18.3 Å². The number of hydrogen-bond donors (Lipinski definition) is 1. The number of carbonyl (C=O) groups excluding carboxylic acids is 1. The van der Waals surface area contributed by atoms with Gasteiger partial charge in [0.25, 0.3) is 0 Å². The number of nitrogens with two attached hydrogens (primary N) is 1. The third-order valence-electron chi connectivity index (χ3n) is 3.28. The summed E-state index contributed by atoms with van der Waals surface area (Å²) < 4.78 is 23.4. The second-order valence-electron chi connectivity index (χ2n) is 4.76. The molecule has 0 radical (unpaired) electrons. The Balaban J connectivity index is 0.00000220. The minimum absolute atomic E-state index is 0. The summed E-state index contributed by atoms with van der Waals surface area (Å²) in [5, 5.41) is 0. The van der Waals surface area contributed by atoms with Crippen molar-refractivity contribution in [1.82, 2.24) is 4.90 Å². The van der Waals surface area contributed by atoms with Gasteiger partial charge in [-0.2, -0.15) is 0 Å². The Hall–Kier alpha value is -1.21. The quantitative estimate of drug-likeness (QED) is 0.903. The van der Waals surface area contributed by atoms with Gasteiger partial charge >= 0.3 is 0 Å². The fraction of sp³-hybridized carbons (Fsp3) is 0.500. The van der Waals surface area contributed by atoms with E-state index in [2.05, 4.69) is 0 Å². The van der Waals surface area contributed by atoms with Crippen LogP contribution in [0.4, 0.5) is 4.39 Å². The molecule has 2 rings (SSSR count). The standard InChI is InChI=1S/C14H19FN2O3.ClH/c1-19-9-12(16)14(18)17-6-7-20-13(8-17)10-2-4-11(15)5-3-10;/h2-5,12-13H,6-9,16H2,1H3;1H. The van der Waals surface area contributed by atoms with Gasteiger partial charge in [-0.1, -0.05) is 12.1 Å². The number of halogens is 2. The topological polar surface area (TPSA) is 64.8 Å². The molecule has 0 aliphatic carbocycles. The van der Waals surface area contributed by atoms with E-state index >= 15 is 0 Å². The molecule has 1 amide bonds. The molecule has 1 aliphatic rings. The number of morpholine rings is 1. The van der Waals surface area contributed by atoms with E-state index in [-0.39, 0.29) is 36.8 Å². The van der Waals surface area contributed by atoms with Crippen molar-refractivity contribution < 1.29 is 18.7 Å². The summed E-state index contributed by atoms with van der Waals surface area (Å²) in [5.74, 6) is -0.443. The van der Waals surface area contributed by atoms with Crippen LogP contribution in [0.15, 0.2) is 24.3 Å².